The van der Waals surface area contributed by atoms with Crippen LogP contribution in [0.5, 0.6) is 0 Å². The molecule has 1 amide bonds. The second kappa shape index (κ2) is 6.25. The molecule has 5 nitrogen and oxygen atoms in total. The Morgan fingerprint density at radius 2 is 2.04 bits per heavy atom. The normalized spacial score (nSPS) is 17.8. The predicted octanol–water partition coefficient (Wildman–Crippen LogP) is 3.55. The molecule has 5 rings (SSSR count). The van der Waals surface area contributed by atoms with Gasteiger partial charge in [-0.05, 0) is 54.0 Å². The Kier molecular flexibility index (Phi) is 3.75. The second-order valence-corrected chi connectivity index (χ2v) is 7.21. The molecular formula is C21H21N3O2. The smallest absolute Gasteiger partial charge is 0.233 e. The molecule has 2 aromatic heterocycles. The van der Waals surface area contributed by atoms with Gasteiger partial charge in [0.1, 0.15) is 0 Å². The molecule has 1 aromatic carbocycles. The van der Waals surface area contributed by atoms with Crippen LogP contribution in [0.1, 0.15) is 18.5 Å². The Morgan fingerprint density at radius 3 is 2.92 bits per heavy atom. The van der Waals surface area contributed by atoms with Crippen molar-refractivity contribution in [1.29, 1.82) is 0 Å². The summed E-state index contributed by atoms with van der Waals surface area (Å²) in [5.74, 6) is 0.677. The molecule has 1 saturated heterocycles. The summed E-state index contributed by atoms with van der Waals surface area (Å²) in [5, 5.41) is 1.18. The molecule has 0 aliphatic carbocycles. The number of benzene rings is 1. The van der Waals surface area contributed by atoms with Gasteiger partial charge in [0.25, 0.3) is 0 Å². The number of fused-ring (bicyclic) bond motifs is 2. The topological polar surface area (TPSA) is 58.2 Å². The third-order valence-electron chi connectivity index (χ3n) is 5.53. The number of nitrogens with zero attached hydrogens (tertiary/aromatic N) is 2. The summed E-state index contributed by atoms with van der Waals surface area (Å²) in [6.07, 6.45) is 6.30. The van der Waals surface area contributed by atoms with E-state index in [9.17, 15) is 4.79 Å². The number of pyridine rings is 1. The van der Waals surface area contributed by atoms with Crippen LogP contribution in [0.15, 0.2) is 42.7 Å². The number of carbonyl (C=O) groups is 1. The molecule has 3 aromatic rings. The molecule has 0 radical (unpaired) electrons. The minimum absolute atomic E-state index is 0.164. The maximum absolute atomic E-state index is 12.5. The van der Waals surface area contributed by atoms with Crippen LogP contribution in [-0.2, 0) is 16.0 Å². The minimum atomic E-state index is 0.164. The quantitative estimate of drug-likeness (QED) is 0.788. The number of aromatic amines is 1. The number of amides is 1. The van der Waals surface area contributed by atoms with Crippen molar-refractivity contribution in [2.24, 2.45) is 5.92 Å². The first-order valence-electron chi connectivity index (χ1n) is 9.22. The van der Waals surface area contributed by atoms with E-state index in [2.05, 4.69) is 40.3 Å². The van der Waals surface area contributed by atoms with E-state index in [-0.39, 0.29) is 5.91 Å². The van der Waals surface area contributed by atoms with E-state index in [4.69, 9.17) is 4.74 Å². The van der Waals surface area contributed by atoms with Crippen molar-refractivity contribution in [2.45, 2.75) is 19.3 Å². The Balaban J connectivity index is 1.48. The zero-order valence-electron chi connectivity index (χ0n) is 14.6. The lowest BCUT2D eigenvalue weighted by Crippen LogP contribution is -2.34. The number of aromatic nitrogens is 2. The highest BCUT2D eigenvalue weighted by atomic mass is 16.5. The summed E-state index contributed by atoms with van der Waals surface area (Å²) >= 11 is 0. The van der Waals surface area contributed by atoms with Crippen molar-refractivity contribution in [3.8, 4) is 11.1 Å². The number of nitrogens with one attached hydrogen (secondary N) is 1. The number of carbonyl (C=O) groups excluding carboxylic acids is 1. The van der Waals surface area contributed by atoms with E-state index in [0.717, 1.165) is 60.6 Å². The molecular weight excluding hydrogens is 326 g/mol. The second-order valence-electron chi connectivity index (χ2n) is 7.21. The van der Waals surface area contributed by atoms with Gasteiger partial charge in [-0.25, -0.2) is 0 Å². The van der Waals surface area contributed by atoms with Gasteiger partial charge < -0.3 is 14.6 Å². The van der Waals surface area contributed by atoms with Crippen molar-refractivity contribution in [3.05, 3.63) is 48.4 Å². The SMILES string of the molecule is O=C1Cc2ncc(-c3ccc4[nH]ccc4c3)cc2N1CC1CCOCC1. The Labute approximate surface area is 152 Å². The first kappa shape index (κ1) is 15.6. The van der Waals surface area contributed by atoms with Crippen LogP contribution in [0, 0.1) is 5.92 Å². The molecule has 0 bridgehead atoms. The molecule has 1 fully saturated rings. The van der Waals surface area contributed by atoms with Gasteiger partial charge in [0.05, 0.1) is 17.8 Å². The predicted molar refractivity (Wildman–Crippen MR) is 101 cm³/mol. The van der Waals surface area contributed by atoms with Crippen molar-refractivity contribution in [2.75, 3.05) is 24.7 Å². The van der Waals surface area contributed by atoms with Gasteiger partial charge in [0.15, 0.2) is 0 Å². The van der Waals surface area contributed by atoms with Crippen LogP contribution in [-0.4, -0.2) is 35.6 Å². The molecule has 0 unspecified atom stereocenters. The highest BCUT2D eigenvalue weighted by Gasteiger charge is 2.31. The van der Waals surface area contributed by atoms with E-state index in [1.54, 1.807) is 0 Å². The average Bonchev–Trinajstić information content (AvgIpc) is 3.26. The molecule has 0 atom stereocenters. The largest absolute Gasteiger partial charge is 0.381 e. The fraction of sp³-hybridized carbons (Fsp3) is 0.333. The highest BCUT2D eigenvalue weighted by molar-refractivity contribution is 6.01. The van der Waals surface area contributed by atoms with Gasteiger partial charge >= 0.3 is 0 Å². The van der Waals surface area contributed by atoms with Crippen LogP contribution in [0.2, 0.25) is 0 Å². The van der Waals surface area contributed by atoms with Crippen LogP contribution in [0.4, 0.5) is 5.69 Å². The Morgan fingerprint density at radius 1 is 1.15 bits per heavy atom. The molecule has 4 heterocycles. The van der Waals surface area contributed by atoms with E-state index in [0.29, 0.717) is 12.3 Å². The van der Waals surface area contributed by atoms with Crippen molar-refractivity contribution >= 4 is 22.5 Å². The standard InChI is InChI=1S/C21H21N3O2/c25-21-11-19-20(24(21)13-14-4-7-26-8-5-14)10-17(12-23-19)15-1-2-18-16(9-15)3-6-22-18/h1-3,6,9-10,12,14,22H,4-5,7-8,11,13H2. The number of hydrogen-bond acceptors (Lipinski definition) is 3. The molecule has 0 spiro atoms. The molecule has 2 aliphatic heterocycles. The van der Waals surface area contributed by atoms with Gasteiger partial charge in [-0.15, -0.1) is 0 Å². The summed E-state index contributed by atoms with van der Waals surface area (Å²) in [4.78, 5) is 22.3. The van der Waals surface area contributed by atoms with Gasteiger partial charge in [0.2, 0.25) is 5.91 Å². The summed E-state index contributed by atoms with van der Waals surface area (Å²) in [6.45, 7) is 2.38. The van der Waals surface area contributed by atoms with Gasteiger partial charge in [0, 0.05) is 43.2 Å². The summed E-state index contributed by atoms with van der Waals surface area (Å²) < 4.78 is 5.45. The number of anilines is 1. The third kappa shape index (κ3) is 2.69. The monoisotopic (exact) mass is 347 g/mol. The number of rotatable bonds is 3. The van der Waals surface area contributed by atoms with E-state index in [1.165, 1.54) is 5.39 Å². The van der Waals surface area contributed by atoms with Gasteiger partial charge in [-0.1, -0.05) is 6.07 Å². The van der Waals surface area contributed by atoms with E-state index < -0.39 is 0 Å². The average molecular weight is 347 g/mol. The minimum Gasteiger partial charge on any atom is -0.381 e. The van der Waals surface area contributed by atoms with Crippen LogP contribution < -0.4 is 4.90 Å². The number of hydrogen-bond donors (Lipinski definition) is 1. The zero-order chi connectivity index (χ0) is 17.5. The Bertz CT molecular complexity index is 972. The lowest BCUT2D eigenvalue weighted by atomic mass is 9.99. The zero-order valence-corrected chi connectivity index (χ0v) is 14.6. The molecule has 26 heavy (non-hydrogen) atoms. The lowest BCUT2D eigenvalue weighted by molar-refractivity contribution is -0.117. The Hall–Kier alpha value is -2.66. The van der Waals surface area contributed by atoms with Gasteiger partial charge in [-0.3, -0.25) is 9.78 Å². The van der Waals surface area contributed by atoms with Crippen LogP contribution in [0.25, 0.3) is 22.0 Å². The molecule has 132 valence electrons. The maximum Gasteiger partial charge on any atom is 0.233 e. The highest BCUT2D eigenvalue weighted by Crippen LogP contribution is 2.34. The summed E-state index contributed by atoms with van der Waals surface area (Å²) in [7, 11) is 0. The van der Waals surface area contributed by atoms with Gasteiger partial charge in [-0.2, -0.15) is 0 Å². The fourth-order valence-corrected chi connectivity index (χ4v) is 4.00. The first-order valence-corrected chi connectivity index (χ1v) is 9.22. The first-order chi connectivity index (χ1) is 12.8. The lowest BCUT2D eigenvalue weighted by Gasteiger charge is -2.27. The van der Waals surface area contributed by atoms with E-state index in [1.807, 2.05) is 17.3 Å². The van der Waals surface area contributed by atoms with Crippen molar-refractivity contribution in [1.82, 2.24) is 9.97 Å². The molecule has 5 heteroatoms. The molecule has 2 aliphatic rings. The van der Waals surface area contributed by atoms with Crippen LogP contribution in [0.3, 0.4) is 0 Å². The van der Waals surface area contributed by atoms with E-state index >= 15 is 0 Å². The summed E-state index contributed by atoms with van der Waals surface area (Å²) in [6, 6.07) is 10.5. The molecule has 0 saturated carbocycles. The van der Waals surface area contributed by atoms with Crippen molar-refractivity contribution in [3.63, 3.8) is 0 Å². The third-order valence-corrected chi connectivity index (χ3v) is 5.53. The van der Waals surface area contributed by atoms with Crippen LogP contribution >= 0.6 is 0 Å². The molecule has 1 N–H and O–H groups in total. The fourth-order valence-electron chi connectivity index (χ4n) is 4.00. The maximum atomic E-state index is 12.5. The van der Waals surface area contributed by atoms with Crippen molar-refractivity contribution < 1.29 is 9.53 Å². The number of ether oxygens (including phenoxy) is 1. The number of H-pyrrole nitrogens is 1. The summed E-state index contributed by atoms with van der Waals surface area (Å²) in [5.41, 5.74) is 5.18.